The summed E-state index contributed by atoms with van der Waals surface area (Å²) in [6, 6.07) is 16.8. The maximum Gasteiger partial charge on any atom is 0.225 e. The molecule has 2 aromatic carbocycles. The molecule has 0 saturated carbocycles. The highest BCUT2D eigenvalue weighted by Crippen LogP contribution is 2.23. The Bertz CT molecular complexity index is 748. The van der Waals surface area contributed by atoms with Crippen molar-refractivity contribution in [2.45, 2.75) is 13.8 Å². The summed E-state index contributed by atoms with van der Waals surface area (Å²) in [5.41, 5.74) is 2.10. The van der Waals surface area contributed by atoms with Crippen LogP contribution in [0.5, 0.6) is 0 Å². The van der Waals surface area contributed by atoms with E-state index < -0.39 is 0 Å². The maximum atomic E-state index is 4.71. The number of fused-ring (bicyclic) bond motifs is 1. The van der Waals surface area contributed by atoms with E-state index in [1.165, 1.54) is 10.8 Å². The Morgan fingerprint density at radius 3 is 2.43 bits per heavy atom. The van der Waals surface area contributed by atoms with Gasteiger partial charge in [0.05, 0.1) is 5.69 Å². The van der Waals surface area contributed by atoms with Crippen molar-refractivity contribution in [1.82, 2.24) is 9.97 Å². The molecule has 106 valence electrons. The number of anilines is 1. The van der Waals surface area contributed by atoms with E-state index in [1.54, 1.807) is 0 Å². The Morgan fingerprint density at radius 2 is 1.67 bits per heavy atom. The van der Waals surface area contributed by atoms with Crippen LogP contribution in [0, 0.1) is 0 Å². The highest BCUT2D eigenvalue weighted by Gasteiger charge is 2.07. The molecule has 0 radical (unpaired) electrons. The minimum absolute atomic E-state index is 0.797. The Morgan fingerprint density at radius 1 is 0.905 bits per heavy atom. The van der Waals surface area contributed by atoms with Gasteiger partial charge in [0.1, 0.15) is 0 Å². The summed E-state index contributed by atoms with van der Waals surface area (Å²) in [6.07, 6.45) is 1.84. The fraction of sp³-hybridized carbons (Fsp3) is 0.222. The van der Waals surface area contributed by atoms with Gasteiger partial charge >= 0.3 is 0 Å². The molecular weight excluding hydrogens is 258 g/mol. The summed E-state index contributed by atoms with van der Waals surface area (Å²) in [7, 11) is 0. The first kappa shape index (κ1) is 13.6. The Hall–Kier alpha value is -2.42. The predicted molar refractivity (Wildman–Crippen MR) is 88.5 cm³/mol. The van der Waals surface area contributed by atoms with Crippen LogP contribution in [0.2, 0.25) is 0 Å². The smallest absolute Gasteiger partial charge is 0.225 e. The highest BCUT2D eigenvalue weighted by atomic mass is 15.2. The number of hydrogen-bond donors (Lipinski definition) is 0. The van der Waals surface area contributed by atoms with Gasteiger partial charge in [-0.25, -0.2) is 9.97 Å². The molecule has 1 heterocycles. The molecule has 0 aliphatic carbocycles. The first-order chi connectivity index (χ1) is 10.3. The summed E-state index contributed by atoms with van der Waals surface area (Å²) in [5, 5.41) is 2.48. The van der Waals surface area contributed by atoms with E-state index in [-0.39, 0.29) is 0 Å². The molecule has 0 spiro atoms. The number of rotatable bonds is 4. The Labute approximate surface area is 125 Å². The van der Waals surface area contributed by atoms with E-state index in [4.69, 9.17) is 4.98 Å². The number of aromatic nitrogens is 2. The fourth-order valence-electron chi connectivity index (χ4n) is 2.52. The zero-order valence-electron chi connectivity index (χ0n) is 12.5. The standard InChI is InChI=1S/C18H19N3/c1-3-21(4-2)18-19-12-11-17(20-18)16-10-9-14-7-5-6-8-15(14)13-16/h5-13H,3-4H2,1-2H3. The molecule has 0 saturated heterocycles. The molecule has 21 heavy (non-hydrogen) atoms. The quantitative estimate of drug-likeness (QED) is 0.717. The van der Waals surface area contributed by atoms with Crippen LogP contribution in [0.15, 0.2) is 54.7 Å². The van der Waals surface area contributed by atoms with Crippen LogP contribution in [0.1, 0.15) is 13.8 Å². The van der Waals surface area contributed by atoms with Gasteiger partial charge < -0.3 is 4.90 Å². The lowest BCUT2D eigenvalue weighted by Crippen LogP contribution is -2.24. The minimum Gasteiger partial charge on any atom is -0.341 e. The Kier molecular flexibility index (Phi) is 3.82. The minimum atomic E-state index is 0.797. The van der Waals surface area contributed by atoms with Crippen molar-refractivity contribution in [2.24, 2.45) is 0 Å². The van der Waals surface area contributed by atoms with Gasteiger partial charge in [0, 0.05) is 24.8 Å². The first-order valence-electron chi connectivity index (χ1n) is 7.39. The van der Waals surface area contributed by atoms with E-state index in [0.29, 0.717) is 0 Å². The van der Waals surface area contributed by atoms with Gasteiger partial charge in [-0.15, -0.1) is 0 Å². The summed E-state index contributed by atoms with van der Waals surface area (Å²) in [5.74, 6) is 0.797. The van der Waals surface area contributed by atoms with E-state index in [2.05, 4.69) is 66.2 Å². The second-order valence-corrected chi connectivity index (χ2v) is 4.98. The maximum absolute atomic E-state index is 4.71. The lowest BCUT2D eigenvalue weighted by atomic mass is 10.1. The molecule has 0 N–H and O–H groups in total. The van der Waals surface area contributed by atoms with Crippen molar-refractivity contribution >= 4 is 16.7 Å². The summed E-state index contributed by atoms with van der Waals surface area (Å²) in [6.45, 7) is 6.07. The van der Waals surface area contributed by atoms with Crippen molar-refractivity contribution in [3.63, 3.8) is 0 Å². The van der Waals surface area contributed by atoms with Crippen molar-refractivity contribution in [3.05, 3.63) is 54.7 Å². The number of hydrogen-bond acceptors (Lipinski definition) is 3. The van der Waals surface area contributed by atoms with E-state index in [0.717, 1.165) is 30.3 Å². The van der Waals surface area contributed by atoms with Crippen LogP contribution in [0.25, 0.3) is 22.0 Å². The zero-order valence-corrected chi connectivity index (χ0v) is 12.5. The monoisotopic (exact) mass is 277 g/mol. The molecule has 0 bridgehead atoms. The predicted octanol–water partition coefficient (Wildman–Crippen LogP) is 4.14. The zero-order chi connectivity index (χ0) is 14.7. The topological polar surface area (TPSA) is 29.0 Å². The van der Waals surface area contributed by atoms with Crippen molar-refractivity contribution < 1.29 is 0 Å². The molecule has 0 atom stereocenters. The largest absolute Gasteiger partial charge is 0.341 e. The van der Waals surface area contributed by atoms with E-state index in [9.17, 15) is 0 Å². The third kappa shape index (κ3) is 2.72. The van der Waals surface area contributed by atoms with Gasteiger partial charge in [0.15, 0.2) is 0 Å². The summed E-state index contributed by atoms with van der Waals surface area (Å²) in [4.78, 5) is 11.2. The molecule has 3 rings (SSSR count). The highest BCUT2D eigenvalue weighted by molar-refractivity contribution is 5.86. The van der Waals surface area contributed by atoms with Crippen molar-refractivity contribution in [1.29, 1.82) is 0 Å². The second kappa shape index (κ2) is 5.92. The SMILES string of the molecule is CCN(CC)c1nccc(-c2ccc3ccccc3c2)n1. The van der Waals surface area contributed by atoms with Gasteiger partial charge in [-0.2, -0.15) is 0 Å². The van der Waals surface area contributed by atoms with Gasteiger partial charge in [-0.05, 0) is 36.8 Å². The number of benzene rings is 2. The van der Waals surface area contributed by atoms with Crippen LogP contribution < -0.4 is 4.90 Å². The average molecular weight is 277 g/mol. The lowest BCUT2D eigenvalue weighted by molar-refractivity contribution is 0.822. The van der Waals surface area contributed by atoms with E-state index >= 15 is 0 Å². The third-order valence-corrected chi connectivity index (χ3v) is 3.73. The van der Waals surface area contributed by atoms with Gasteiger partial charge in [0.2, 0.25) is 5.95 Å². The van der Waals surface area contributed by atoms with E-state index in [1.807, 2.05) is 12.3 Å². The van der Waals surface area contributed by atoms with Crippen LogP contribution in [-0.2, 0) is 0 Å². The summed E-state index contributed by atoms with van der Waals surface area (Å²) >= 11 is 0. The molecule has 1 aromatic heterocycles. The van der Waals surface area contributed by atoms with Crippen LogP contribution in [-0.4, -0.2) is 23.1 Å². The lowest BCUT2D eigenvalue weighted by Gasteiger charge is -2.18. The Balaban J connectivity index is 2.03. The molecule has 0 unspecified atom stereocenters. The normalized spacial score (nSPS) is 10.8. The molecule has 3 heteroatoms. The molecule has 0 amide bonds. The molecule has 3 nitrogen and oxygen atoms in total. The third-order valence-electron chi connectivity index (χ3n) is 3.73. The average Bonchev–Trinajstić information content (AvgIpc) is 2.56. The van der Waals surface area contributed by atoms with Gasteiger partial charge in [-0.3, -0.25) is 0 Å². The van der Waals surface area contributed by atoms with Crippen LogP contribution in [0.3, 0.4) is 0 Å². The second-order valence-electron chi connectivity index (χ2n) is 4.98. The van der Waals surface area contributed by atoms with Crippen molar-refractivity contribution in [2.75, 3.05) is 18.0 Å². The molecular formula is C18H19N3. The van der Waals surface area contributed by atoms with Crippen LogP contribution >= 0.6 is 0 Å². The molecule has 0 aliphatic rings. The molecule has 0 fully saturated rings. The first-order valence-corrected chi connectivity index (χ1v) is 7.39. The van der Waals surface area contributed by atoms with Crippen molar-refractivity contribution in [3.8, 4) is 11.3 Å². The fourth-order valence-corrected chi connectivity index (χ4v) is 2.52. The van der Waals surface area contributed by atoms with Gasteiger partial charge in [0.25, 0.3) is 0 Å². The number of nitrogens with zero attached hydrogens (tertiary/aromatic N) is 3. The van der Waals surface area contributed by atoms with Gasteiger partial charge in [-0.1, -0.05) is 36.4 Å². The summed E-state index contributed by atoms with van der Waals surface area (Å²) < 4.78 is 0. The molecule has 3 aromatic rings. The molecule has 0 aliphatic heterocycles. The van der Waals surface area contributed by atoms with Crippen LogP contribution in [0.4, 0.5) is 5.95 Å².